The largest absolute Gasteiger partial charge is 0.419 e. The minimum absolute atomic E-state index is 0.0167. The number of Topliss-reactive ketones (excluding diaryl/α,β-unsaturated/α-hetero) is 1. The maximum Gasteiger partial charge on any atom is 0.419 e. The molecule has 12 heteroatoms. The van der Waals surface area contributed by atoms with Gasteiger partial charge >= 0.3 is 6.18 Å². The molecule has 0 aliphatic heterocycles. The molecule has 0 bridgehead atoms. The van der Waals surface area contributed by atoms with Crippen LogP contribution in [0.5, 0.6) is 0 Å². The SMILES string of the molecule is O=C(Cc1ccc(F)c(C(F)(F)F)c1)c1cc(NC(=O)C2C(c3cc(Cl)cc(Cl)c3)C2(Cl)Cl)ccc1Cl. The van der Waals surface area contributed by atoms with Crippen LogP contribution in [-0.4, -0.2) is 16.0 Å². The van der Waals surface area contributed by atoms with Crippen LogP contribution >= 0.6 is 58.0 Å². The molecule has 0 aromatic heterocycles. The van der Waals surface area contributed by atoms with E-state index in [2.05, 4.69) is 5.32 Å². The van der Waals surface area contributed by atoms with E-state index >= 15 is 0 Å². The summed E-state index contributed by atoms with van der Waals surface area (Å²) < 4.78 is 51.2. The first-order chi connectivity index (χ1) is 17.2. The van der Waals surface area contributed by atoms with Gasteiger partial charge in [-0.15, -0.1) is 23.2 Å². The van der Waals surface area contributed by atoms with Gasteiger partial charge in [-0.2, -0.15) is 13.2 Å². The Balaban J connectivity index is 1.52. The molecule has 3 aromatic rings. The van der Waals surface area contributed by atoms with Crippen LogP contribution in [0.2, 0.25) is 15.1 Å². The van der Waals surface area contributed by atoms with E-state index in [0.717, 1.165) is 6.07 Å². The topological polar surface area (TPSA) is 46.2 Å². The first-order valence-electron chi connectivity index (χ1n) is 10.5. The predicted octanol–water partition coefficient (Wildman–Crippen LogP) is 8.76. The highest BCUT2D eigenvalue weighted by atomic mass is 35.5. The van der Waals surface area contributed by atoms with Gasteiger partial charge in [-0.3, -0.25) is 9.59 Å². The van der Waals surface area contributed by atoms with Crippen molar-refractivity contribution in [1.82, 2.24) is 0 Å². The van der Waals surface area contributed by atoms with Gasteiger partial charge in [0.15, 0.2) is 5.78 Å². The van der Waals surface area contributed by atoms with Gasteiger partial charge < -0.3 is 5.32 Å². The van der Waals surface area contributed by atoms with Crippen LogP contribution in [-0.2, 0) is 17.4 Å². The Kier molecular flexibility index (Phi) is 7.77. The van der Waals surface area contributed by atoms with Crippen molar-refractivity contribution < 1.29 is 27.2 Å². The fourth-order valence-corrected chi connectivity index (χ4v) is 5.63. The zero-order chi connectivity index (χ0) is 27.3. The van der Waals surface area contributed by atoms with Gasteiger partial charge in [0.05, 0.1) is 16.5 Å². The highest BCUT2D eigenvalue weighted by Crippen LogP contribution is 2.65. The zero-order valence-electron chi connectivity index (χ0n) is 18.3. The number of anilines is 1. The van der Waals surface area contributed by atoms with Crippen molar-refractivity contribution in [3.05, 3.63) is 97.7 Å². The normalized spacial score (nSPS) is 18.4. The van der Waals surface area contributed by atoms with Gasteiger partial charge in [0.25, 0.3) is 0 Å². The number of ketones is 1. The highest BCUT2D eigenvalue weighted by molar-refractivity contribution is 6.53. The molecule has 37 heavy (non-hydrogen) atoms. The Bertz CT molecular complexity index is 1390. The van der Waals surface area contributed by atoms with Crippen LogP contribution in [0.25, 0.3) is 0 Å². The summed E-state index contributed by atoms with van der Waals surface area (Å²) in [6, 6.07) is 11.1. The average molecular weight is 614 g/mol. The smallest absolute Gasteiger partial charge is 0.326 e. The predicted molar refractivity (Wildman–Crippen MR) is 137 cm³/mol. The molecular formula is C25H14Cl5F4NO2. The highest BCUT2D eigenvalue weighted by Gasteiger charge is 2.67. The van der Waals surface area contributed by atoms with Crippen LogP contribution in [0.15, 0.2) is 54.6 Å². The van der Waals surface area contributed by atoms with Crippen LogP contribution in [0.1, 0.15) is 33.0 Å². The Morgan fingerprint density at radius 2 is 1.57 bits per heavy atom. The summed E-state index contributed by atoms with van der Waals surface area (Å²) in [6.07, 6.45) is -5.39. The lowest BCUT2D eigenvalue weighted by molar-refractivity contribution is -0.140. The van der Waals surface area contributed by atoms with E-state index in [0.29, 0.717) is 27.7 Å². The second-order valence-corrected chi connectivity index (χ2v) is 11.2. The lowest BCUT2D eigenvalue weighted by atomic mass is 10.0. The molecule has 194 valence electrons. The van der Waals surface area contributed by atoms with Crippen molar-refractivity contribution in [2.24, 2.45) is 5.92 Å². The Labute approximate surface area is 233 Å². The number of carbonyl (C=O) groups excluding carboxylic acids is 2. The Hall–Kier alpha value is -2.03. The number of hydrogen-bond donors (Lipinski definition) is 1. The standard InChI is InChI=1S/C25H14Cl5F4NO2/c26-13-7-12(8-14(27)9-13)21-22(24(21,29)30)23(37)35-15-2-3-18(28)16(10-15)20(36)6-11-1-4-19(31)17(5-11)25(32,33)34/h1-5,7-10,21-22H,6H2,(H,35,37). The first-order valence-corrected chi connectivity index (χ1v) is 12.4. The number of amides is 1. The molecule has 3 aromatic carbocycles. The molecule has 2 atom stereocenters. The molecule has 1 aliphatic rings. The molecule has 3 nitrogen and oxygen atoms in total. The van der Waals surface area contributed by atoms with Crippen LogP contribution in [0, 0.1) is 11.7 Å². The molecule has 1 amide bonds. The summed E-state index contributed by atoms with van der Waals surface area (Å²) in [5.74, 6) is -4.08. The zero-order valence-corrected chi connectivity index (χ0v) is 22.1. The Morgan fingerprint density at radius 3 is 2.19 bits per heavy atom. The maximum atomic E-state index is 13.6. The fourth-order valence-electron chi connectivity index (χ4n) is 4.04. The molecule has 2 unspecified atom stereocenters. The fraction of sp³-hybridized carbons (Fsp3) is 0.200. The van der Waals surface area contributed by atoms with Gasteiger partial charge in [-0.05, 0) is 59.7 Å². The molecule has 1 aliphatic carbocycles. The average Bonchev–Trinajstić information content (AvgIpc) is 3.37. The molecule has 0 saturated heterocycles. The number of hydrogen-bond acceptors (Lipinski definition) is 2. The minimum atomic E-state index is -4.91. The lowest BCUT2D eigenvalue weighted by Crippen LogP contribution is -2.17. The van der Waals surface area contributed by atoms with E-state index < -0.39 is 51.8 Å². The first kappa shape index (κ1) is 28.0. The summed E-state index contributed by atoms with van der Waals surface area (Å²) in [7, 11) is 0. The summed E-state index contributed by atoms with van der Waals surface area (Å²) in [5, 5.41) is 3.34. The number of nitrogens with one attached hydrogen (secondary N) is 1. The van der Waals surface area contributed by atoms with Crippen molar-refractivity contribution >= 4 is 75.4 Å². The van der Waals surface area contributed by atoms with Crippen LogP contribution in [0.3, 0.4) is 0 Å². The molecule has 0 heterocycles. The van der Waals surface area contributed by atoms with E-state index in [9.17, 15) is 27.2 Å². The molecule has 1 fully saturated rings. The van der Waals surface area contributed by atoms with Crippen molar-refractivity contribution in [1.29, 1.82) is 0 Å². The summed E-state index contributed by atoms with van der Waals surface area (Å²) >= 11 is 30.9. The number of alkyl halides is 5. The summed E-state index contributed by atoms with van der Waals surface area (Å²) in [5.41, 5.74) is -0.817. The number of benzene rings is 3. The van der Waals surface area contributed by atoms with Crippen molar-refractivity contribution in [3.8, 4) is 0 Å². The molecule has 0 spiro atoms. The van der Waals surface area contributed by atoms with Gasteiger partial charge in [0, 0.05) is 33.6 Å². The lowest BCUT2D eigenvalue weighted by Gasteiger charge is -2.11. The molecule has 0 radical (unpaired) electrons. The monoisotopic (exact) mass is 611 g/mol. The quantitative estimate of drug-likeness (QED) is 0.172. The minimum Gasteiger partial charge on any atom is -0.326 e. The number of carbonyl (C=O) groups is 2. The number of halogens is 9. The molecular weight excluding hydrogens is 600 g/mol. The molecule has 1 N–H and O–H groups in total. The van der Waals surface area contributed by atoms with E-state index in [1.807, 2.05) is 0 Å². The van der Waals surface area contributed by atoms with E-state index in [4.69, 9.17) is 58.0 Å². The van der Waals surface area contributed by atoms with Gasteiger partial charge in [-0.1, -0.05) is 40.9 Å². The van der Waals surface area contributed by atoms with Crippen molar-refractivity contribution in [2.75, 3.05) is 5.32 Å². The third-order valence-electron chi connectivity index (χ3n) is 5.82. The van der Waals surface area contributed by atoms with Gasteiger partial charge in [0.1, 0.15) is 10.2 Å². The Morgan fingerprint density at radius 1 is 0.919 bits per heavy atom. The number of rotatable bonds is 6. The van der Waals surface area contributed by atoms with Crippen molar-refractivity contribution in [3.63, 3.8) is 0 Å². The van der Waals surface area contributed by atoms with E-state index in [-0.39, 0.29) is 21.8 Å². The van der Waals surface area contributed by atoms with Crippen LogP contribution < -0.4 is 5.32 Å². The summed E-state index contributed by atoms with van der Waals surface area (Å²) in [4.78, 5) is 25.8. The third-order valence-corrected chi connectivity index (χ3v) is 7.52. The van der Waals surface area contributed by atoms with E-state index in [1.165, 1.54) is 24.3 Å². The van der Waals surface area contributed by atoms with Gasteiger partial charge in [0.2, 0.25) is 5.91 Å². The van der Waals surface area contributed by atoms with E-state index in [1.54, 1.807) is 12.1 Å². The van der Waals surface area contributed by atoms with Crippen molar-refractivity contribution in [2.45, 2.75) is 22.8 Å². The molecule has 1 saturated carbocycles. The summed E-state index contributed by atoms with van der Waals surface area (Å²) in [6.45, 7) is 0. The van der Waals surface area contributed by atoms with Crippen LogP contribution in [0.4, 0.5) is 23.2 Å². The maximum absolute atomic E-state index is 13.6. The third kappa shape index (κ3) is 6.02. The second-order valence-electron chi connectivity index (χ2n) is 8.43. The molecule has 4 rings (SSSR count). The second kappa shape index (κ2) is 10.3. The van der Waals surface area contributed by atoms with Gasteiger partial charge in [-0.25, -0.2) is 4.39 Å².